The van der Waals surface area contributed by atoms with E-state index < -0.39 is 0 Å². The monoisotopic (exact) mass is 295 g/mol. The average Bonchev–Trinajstić information content (AvgIpc) is 2.86. The molecular weight excluding hydrogens is 274 g/mol. The lowest BCUT2D eigenvalue weighted by Gasteiger charge is -2.17. The van der Waals surface area contributed by atoms with Crippen molar-refractivity contribution in [2.24, 2.45) is 0 Å². The van der Waals surface area contributed by atoms with Crippen molar-refractivity contribution in [3.8, 4) is 0 Å². The highest BCUT2D eigenvalue weighted by Gasteiger charge is 2.23. The lowest BCUT2D eigenvalue weighted by molar-refractivity contribution is 0.561. The second-order valence-electron chi connectivity index (χ2n) is 5.69. The molecule has 1 N–H and O–H groups in total. The van der Waals surface area contributed by atoms with Gasteiger partial charge in [0.05, 0.1) is 21.4 Å². The van der Waals surface area contributed by atoms with Gasteiger partial charge in [0.1, 0.15) is 0 Å². The van der Waals surface area contributed by atoms with Gasteiger partial charge in [-0.25, -0.2) is 9.97 Å². The van der Waals surface area contributed by atoms with Gasteiger partial charge in [0, 0.05) is 28.6 Å². The van der Waals surface area contributed by atoms with Crippen LogP contribution in [0.1, 0.15) is 47.1 Å². The fourth-order valence-electron chi connectivity index (χ4n) is 1.99. The third-order valence-electron chi connectivity index (χ3n) is 2.79. The molecular formula is C14H21N3S2. The molecule has 2 aromatic rings. The van der Waals surface area contributed by atoms with E-state index >= 15 is 0 Å². The van der Waals surface area contributed by atoms with Crippen LogP contribution in [0.3, 0.4) is 0 Å². The van der Waals surface area contributed by atoms with Crippen LogP contribution in [0.2, 0.25) is 0 Å². The van der Waals surface area contributed by atoms with Crippen LogP contribution in [-0.4, -0.2) is 17.0 Å². The molecule has 0 atom stereocenters. The number of nitrogens with zero attached hydrogens (tertiary/aromatic N) is 2. The Morgan fingerprint density at radius 3 is 2.53 bits per heavy atom. The Morgan fingerprint density at radius 1 is 1.26 bits per heavy atom. The lowest BCUT2D eigenvalue weighted by Crippen LogP contribution is -2.16. The maximum absolute atomic E-state index is 4.85. The summed E-state index contributed by atoms with van der Waals surface area (Å²) in [7, 11) is 1.98. The van der Waals surface area contributed by atoms with Crippen molar-refractivity contribution in [1.29, 1.82) is 0 Å². The van der Waals surface area contributed by atoms with Crippen LogP contribution in [0.15, 0.2) is 5.38 Å². The van der Waals surface area contributed by atoms with E-state index in [1.807, 2.05) is 14.0 Å². The zero-order chi connectivity index (χ0) is 14.0. The summed E-state index contributed by atoms with van der Waals surface area (Å²) in [4.78, 5) is 10.7. The molecule has 0 aromatic carbocycles. The highest BCUT2D eigenvalue weighted by atomic mass is 32.1. The molecule has 0 saturated heterocycles. The summed E-state index contributed by atoms with van der Waals surface area (Å²) < 4.78 is 0. The third-order valence-corrected chi connectivity index (χ3v) is 4.67. The van der Waals surface area contributed by atoms with Crippen LogP contribution in [-0.2, 0) is 18.4 Å². The van der Waals surface area contributed by atoms with Gasteiger partial charge in [0.25, 0.3) is 0 Å². The van der Waals surface area contributed by atoms with Crippen molar-refractivity contribution in [1.82, 2.24) is 15.3 Å². The smallest absolute Gasteiger partial charge is 0.0991 e. The first-order valence-corrected chi connectivity index (χ1v) is 8.14. The molecule has 0 radical (unpaired) electrons. The molecule has 0 amide bonds. The van der Waals surface area contributed by atoms with Crippen molar-refractivity contribution >= 4 is 22.7 Å². The molecule has 0 saturated carbocycles. The van der Waals surface area contributed by atoms with Gasteiger partial charge in [-0.1, -0.05) is 20.8 Å². The molecule has 0 aliphatic carbocycles. The molecule has 2 heterocycles. The zero-order valence-electron chi connectivity index (χ0n) is 12.2. The summed E-state index contributed by atoms with van der Waals surface area (Å²) in [5.74, 6) is 0. The first kappa shape index (κ1) is 14.6. The summed E-state index contributed by atoms with van der Waals surface area (Å²) in [6.07, 6.45) is 0.849. The molecule has 0 aliphatic heterocycles. The Bertz CT molecular complexity index is 549. The van der Waals surface area contributed by atoms with Gasteiger partial charge < -0.3 is 5.32 Å². The predicted octanol–water partition coefficient (Wildman–Crippen LogP) is 3.52. The average molecular weight is 295 g/mol. The molecule has 2 rings (SSSR count). The van der Waals surface area contributed by atoms with Gasteiger partial charge >= 0.3 is 0 Å². The fraction of sp³-hybridized carbons (Fsp3) is 0.571. The zero-order valence-corrected chi connectivity index (χ0v) is 13.8. The molecule has 19 heavy (non-hydrogen) atoms. The van der Waals surface area contributed by atoms with Gasteiger partial charge in [-0.3, -0.25) is 0 Å². The van der Waals surface area contributed by atoms with Gasteiger partial charge in [-0.15, -0.1) is 22.7 Å². The van der Waals surface area contributed by atoms with Gasteiger partial charge in [0.15, 0.2) is 0 Å². The number of thiazole rings is 2. The number of hydrogen-bond donors (Lipinski definition) is 1. The summed E-state index contributed by atoms with van der Waals surface area (Å²) in [6, 6.07) is 0. The number of aryl methyl sites for hydroxylation is 1. The van der Waals surface area contributed by atoms with Gasteiger partial charge in [-0.05, 0) is 14.0 Å². The highest BCUT2D eigenvalue weighted by Crippen LogP contribution is 2.30. The van der Waals surface area contributed by atoms with Crippen LogP contribution in [0.25, 0.3) is 0 Å². The van der Waals surface area contributed by atoms with Gasteiger partial charge in [-0.2, -0.15) is 0 Å². The molecule has 0 aliphatic rings. The van der Waals surface area contributed by atoms with Crippen LogP contribution >= 0.6 is 22.7 Å². The lowest BCUT2D eigenvalue weighted by atomic mass is 9.91. The minimum Gasteiger partial charge on any atom is -0.315 e. The Balaban J connectivity index is 2.27. The minimum atomic E-state index is 0.0962. The van der Waals surface area contributed by atoms with Crippen molar-refractivity contribution < 1.29 is 0 Å². The van der Waals surface area contributed by atoms with Crippen molar-refractivity contribution in [3.63, 3.8) is 0 Å². The molecule has 0 unspecified atom stereocenters. The molecule has 0 bridgehead atoms. The SMILES string of the molecule is CNCc1sc(Cc2csc(C)n2)nc1C(C)(C)C. The molecule has 0 spiro atoms. The van der Waals surface area contributed by atoms with Crippen molar-refractivity contribution in [3.05, 3.63) is 31.7 Å². The number of hydrogen-bond acceptors (Lipinski definition) is 5. The third kappa shape index (κ3) is 3.61. The quantitative estimate of drug-likeness (QED) is 0.938. The summed E-state index contributed by atoms with van der Waals surface area (Å²) in [6.45, 7) is 9.59. The second-order valence-corrected chi connectivity index (χ2v) is 7.92. The van der Waals surface area contributed by atoms with E-state index in [0.29, 0.717) is 0 Å². The van der Waals surface area contributed by atoms with Crippen molar-refractivity contribution in [2.75, 3.05) is 7.05 Å². The van der Waals surface area contributed by atoms with E-state index in [9.17, 15) is 0 Å². The first-order valence-electron chi connectivity index (χ1n) is 6.45. The molecule has 5 heteroatoms. The minimum absolute atomic E-state index is 0.0962. The van der Waals surface area contributed by atoms with Crippen LogP contribution < -0.4 is 5.32 Å². The van der Waals surface area contributed by atoms with E-state index in [0.717, 1.165) is 23.7 Å². The van der Waals surface area contributed by atoms with E-state index in [4.69, 9.17) is 4.98 Å². The van der Waals surface area contributed by atoms with Gasteiger partial charge in [0.2, 0.25) is 0 Å². The number of rotatable bonds is 4. The Labute approximate surface area is 123 Å². The Kier molecular flexibility index (Phi) is 4.38. The van der Waals surface area contributed by atoms with E-state index in [-0.39, 0.29) is 5.41 Å². The highest BCUT2D eigenvalue weighted by molar-refractivity contribution is 7.11. The van der Waals surface area contributed by atoms with Crippen LogP contribution in [0.5, 0.6) is 0 Å². The standard InChI is InChI=1S/C14H21N3S2/c1-9-16-10(8-18-9)6-12-17-13(14(2,3)4)11(19-12)7-15-5/h8,15H,6-7H2,1-5H3. The molecule has 0 fully saturated rings. The van der Waals surface area contributed by atoms with E-state index in [2.05, 4.69) is 36.5 Å². The number of nitrogens with one attached hydrogen (secondary N) is 1. The van der Waals surface area contributed by atoms with Crippen LogP contribution in [0.4, 0.5) is 0 Å². The summed E-state index contributed by atoms with van der Waals surface area (Å²) in [5.41, 5.74) is 2.44. The maximum atomic E-state index is 4.85. The summed E-state index contributed by atoms with van der Waals surface area (Å²) >= 11 is 3.51. The molecule has 2 aromatic heterocycles. The predicted molar refractivity (Wildman–Crippen MR) is 83.2 cm³/mol. The number of aromatic nitrogens is 2. The largest absolute Gasteiger partial charge is 0.315 e. The normalized spacial score (nSPS) is 12.1. The van der Waals surface area contributed by atoms with Crippen LogP contribution in [0, 0.1) is 6.92 Å². The Morgan fingerprint density at radius 2 is 2.00 bits per heavy atom. The molecule has 3 nitrogen and oxygen atoms in total. The fourth-order valence-corrected chi connectivity index (χ4v) is 3.91. The maximum Gasteiger partial charge on any atom is 0.0991 e. The second kappa shape index (κ2) is 5.69. The molecule has 104 valence electrons. The van der Waals surface area contributed by atoms with E-state index in [1.165, 1.54) is 15.6 Å². The summed E-state index contributed by atoms with van der Waals surface area (Å²) in [5, 5.41) is 7.66. The first-order chi connectivity index (χ1) is 8.90. The van der Waals surface area contributed by atoms with Crippen molar-refractivity contribution in [2.45, 2.75) is 46.1 Å². The Hall–Kier alpha value is -0.780. The topological polar surface area (TPSA) is 37.8 Å². The van der Waals surface area contributed by atoms with E-state index in [1.54, 1.807) is 22.7 Å².